The van der Waals surface area contributed by atoms with Crippen molar-refractivity contribution in [3.05, 3.63) is 59.7 Å². The van der Waals surface area contributed by atoms with Crippen LogP contribution in [0.15, 0.2) is 48.5 Å². The number of hydrogen-bond donors (Lipinski definition) is 2. The molecule has 0 bridgehead atoms. The van der Waals surface area contributed by atoms with E-state index in [1.807, 2.05) is 6.07 Å². The Morgan fingerprint density at radius 2 is 1.70 bits per heavy atom. The Bertz CT molecular complexity index is 744. The van der Waals surface area contributed by atoms with Crippen molar-refractivity contribution < 1.29 is 19.1 Å². The molecule has 0 aliphatic heterocycles. The minimum atomic E-state index is -0.413. The van der Waals surface area contributed by atoms with E-state index in [4.69, 9.17) is 9.47 Å². The smallest absolute Gasteiger partial charge is 0.273 e. The van der Waals surface area contributed by atoms with Crippen molar-refractivity contribution in [2.45, 2.75) is 32.6 Å². The molecule has 2 amide bonds. The van der Waals surface area contributed by atoms with Crippen LogP contribution in [0.2, 0.25) is 0 Å². The lowest BCUT2D eigenvalue weighted by Gasteiger charge is -2.12. The second-order valence-corrected chi connectivity index (χ2v) is 6.08. The number of hydrazine groups is 1. The highest BCUT2D eigenvalue weighted by atomic mass is 16.5. The zero-order chi connectivity index (χ0) is 19.5. The predicted molar refractivity (Wildman–Crippen MR) is 104 cm³/mol. The summed E-state index contributed by atoms with van der Waals surface area (Å²) in [6.45, 7) is 2.68. The van der Waals surface area contributed by atoms with Crippen LogP contribution in [0.5, 0.6) is 11.5 Å². The SMILES string of the molecule is CCCCCOc1ccccc1C(=O)NNC(=O)Cc1ccc(OC)cc1. The average Bonchev–Trinajstić information content (AvgIpc) is 2.70. The van der Waals surface area contributed by atoms with Gasteiger partial charge in [-0.25, -0.2) is 0 Å². The number of hydrogen-bond acceptors (Lipinski definition) is 4. The number of rotatable bonds is 9. The topological polar surface area (TPSA) is 76.7 Å². The minimum absolute atomic E-state index is 0.152. The number of carbonyl (C=O) groups is 2. The van der Waals surface area contributed by atoms with Gasteiger partial charge in [-0.2, -0.15) is 0 Å². The van der Waals surface area contributed by atoms with Crippen molar-refractivity contribution in [1.82, 2.24) is 10.9 Å². The van der Waals surface area contributed by atoms with Crippen LogP contribution < -0.4 is 20.3 Å². The number of ether oxygens (including phenoxy) is 2. The van der Waals surface area contributed by atoms with Crippen LogP contribution in [0, 0.1) is 0 Å². The van der Waals surface area contributed by atoms with Crippen LogP contribution >= 0.6 is 0 Å². The first-order chi connectivity index (χ1) is 13.1. The number of para-hydroxylation sites is 1. The maximum Gasteiger partial charge on any atom is 0.273 e. The summed E-state index contributed by atoms with van der Waals surface area (Å²) in [5.74, 6) is 0.512. The van der Waals surface area contributed by atoms with E-state index in [-0.39, 0.29) is 12.3 Å². The van der Waals surface area contributed by atoms with Gasteiger partial charge < -0.3 is 9.47 Å². The number of amides is 2. The van der Waals surface area contributed by atoms with Gasteiger partial charge in [-0.15, -0.1) is 0 Å². The van der Waals surface area contributed by atoms with Gasteiger partial charge in [0.2, 0.25) is 5.91 Å². The molecule has 2 rings (SSSR count). The third kappa shape index (κ3) is 6.66. The highest BCUT2D eigenvalue weighted by molar-refractivity contribution is 5.97. The molecule has 0 atom stereocenters. The zero-order valence-electron chi connectivity index (χ0n) is 15.8. The van der Waals surface area contributed by atoms with Crippen molar-refractivity contribution >= 4 is 11.8 Å². The molecule has 6 nitrogen and oxygen atoms in total. The van der Waals surface area contributed by atoms with E-state index < -0.39 is 5.91 Å². The van der Waals surface area contributed by atoms with Gasteiger partial charge in [-0.05, 0) is 36.2 Å². The maximum atomic E-state index is 12.4. The standard InChI is InChI=1S/C21H26N2O4/c1-3-4-7-14-27-19-9-6-5-8-18(19)21(25)23-22-20(24)15-16-10-12-17(26-2)13-11-16/h5-6,8-13H,3-4,7,14-15H2,1-2H3,(H,22,24)(H,23,25). The van der Waals surface area contributed by atoms with Gasteiger partial charge in [0.1, 0.15) is 11.5 Å². The number of carbonyl (C=O) groups excluding carboxylic acids is 2. The summed E-state index contributed by atoms with van der Waals surface area (Å²) in [6, 6.07) is 14.2. The molecule has 0 fully saturated rings. The molecule has 0 heterocycles. The minimum Gasteiger partial charge on any atom is -0.497 e. The monoisotopic (exact) mass is 370 g/mol. The average molecular weight is 370 g/mol. The molecule has 144 valence electrons. The van der Waals surface area contributed by atoms with E-state index in [9.17, 15) is 9.59 Å². The zero-order valence-corrected chi connectivity index (χ0v) is 15.8. The normalized spacial score (nSPS) is 10.1. The fourth-order valence-corrected chi connectivity index (χ4v) is 2.48. The summed E-state index contributed by atoms with van der Waals surface area (Å²) in [6.07, 6.45) is 3.27. The van der Waals surface area contributed by atoms with Crippen molar-refractivity contribution in [1.29, 1.82) is 0 Å². The molecule has 0 saturated heterocycles. The lowest BCUT2D eigenvalue weighted by molar-refractivity contribution is -0.121. The van der Waals surface area contributed by atoms with Crippen LogP contribution in [0.1, 0.15) is 42.1 Å². The fraction of sp³-hybridized carbons (Fsp3) is 0.333. The van der Waals surface area contributed by atoms with Gasteiger partial charge >= 0.3 is 0 Å². The van der Waals surface area contributed by atoms with E-state index in [0.29, 0.717) is 17.9 Å². The third-order valence-corrected chi connectivity index (χ3v) is 3.98. The molecular formula is C21H26N2O4. The number of methoxy groups -OCH3 is 1. The predicted octanol–water partition coefficient (Wildman–Crippen LogP) is 3.27. The lowest BCUT2D eigenvalue weighted by atomic mass is 10.1. The Kier molecular flexibility index (Phi) is 8.16. The molecule has 27 heavy (non-hydrogen) atoms. The van der Waals surface area contributed by atoms with E-state index in [0.717, 1.165) is 30.6 Å². The Hall–Kier alpha value is -3.02. The summed E-state index contributed by atoms with van der Waals surface area (Å²) < 4.78 is 10.8. The molecule has 0 unspecified atom stereocenters. The third-order valence-electron chi connectivity index (χ3n) is 3.98. The Morgan fingerprint density at radius 1 is 0.963 bits per heavy atom. The number of unbranched alkanes of at least 4 members (excludes halogenated alkanes) is 2. The maximum absolute atomic E-state index is 12.4. The summed E-state index contributed by atoms with van der Waals surface area (Å²) in [7, 11) is 1.59. The van der Waals surface area contributed by atoms with E-state index >= 15 is 0 Å². The summed E-state index contributed by atoms with van der Waals surface area (Å²) >= 11 is 0. The molecule has 2 aromatic rings. The highest BCUT2D eigenvalue weighted by Crippen LogP contribution is 2.18. The van der Waals surface area contributed by atoms with Gasteiger partial charge in [0.15, 0.2) is 0 Å². The fourth-order valence-electron chi connectivity index (χ4n) is 2.48. The molecule has 6 heteroatoms. The molecule has 0 spiro atoms. The Morgan fingerprint density at radius 3 is 2.41 bits per heavy atom. The first-order valence-electron chi connectivity index (χ1n) is 9.08. The van der Waals surface area contributed by atoms with E-state index in [1.54, 1.807) is 49.6 Å². The highest BCUT2D eigenvalue weighted by Gasteiger charge is 2.13. The molecule has 2 aromatic carbocycles. The van der Waals surface area contributed by atoms with Crippen molar-refractivity contribution in [2.24, 2.45) is 0 Å². The van der Waals surface area contributed by atoms with Crippen LogP contribution in [-0.4, -0.2) is 25.5 Å². The quantitative estimate of drug-likeness (QED) is 0.525. The Balaban J connectivity index is 1.86. The molecule has 0 radical (unpaired) electrons. The first-order valence-corrected chi connectivity index (χ1v) is 9.08. The molecule has 0 aromatic heterocycles. The molecule has 2 N–H and O–H groups in total. The van der Waals surface area contributed by atoms with Crippen molar-refractivity contribution in [2.75, 3.05) is 13.7 Å². The first kappa shape index (κ1) is 20.3. The summed E-state index contributed by atoms with van der Waals surface area (Å²) in [5.41, 5.74) is 6.09. The van der Waals surface area contributed by atoms with Crippen molar-refractivity contribution in [3.63, 3.8) is 0 Å². The summed E-state index contributed by atoms with van der Waals surface area (Å²) in [5, 5.41) is 0. The van der Waals surface area contributed by atoms with Crippen LogP contribution in [0.25, 0.3) is 0 Å². The van der Waals surface area contributed by atoms with E-state index in [1.165, 1.54) is 0 Å². The molecule has 0 aliphatic rings. The molecule has 0 saturated carbocycles. The molecule has 0 aliphatic carbocycles. The number of benzene rings is 2. The van der Waals surface area contributed by atoms with Crippen LogP contribution in [0.3, 0.4) is 0 Å². The van der Waals surface area contributed by atoms with E-state index in [2.05, 4.69) is 17.8 Å². The Labute approximate surface area is 159 Å². The second kappa shape index (κ2) is 10.9. The van der Waals surface area contributed by atoms with Gasteiger partial charge in [0, 0.05) is 0 Å². The van der Waals surface area contributed by atoms with Gasteiger partial charge in [-0.1, -0.05) is 44.0 Å². The van der Waals surface area contributed by atoms with Gasteiger partial charge in [-0.3, -0.25) is 20.4 Å². The second-order valence-electron chi connectivity index (χ2n) is 6.08. The lowest BCUT2D eigenvalue weighted by Crippen LogP contribution is -2.42. The summed E-state index contributed by atoms with van der Waals surface area (Å²) in [4.78, 5) is 24.4. The molecular weight excluding hydrogens is 344 g/mol. The van der Waals surface area contributed by atoms with Crippen LogP contribution in [0.4, 0.5) is 0 Å². The van der Waals surface area contributed by atoms with Gasteiger partial charge in [0.25, 0.3) is 5.91 Å². The largest absolute Gasteiger partial charge is 0.497 e. The van der Waals surface area contributed by atoms with Crippen LogP contribution in [-0.2, 0) is 11.2 Å². The van der Waals surface area contributed by atoms with Gasteiger partial charge in [0.05, 0.1) is 25.7 Å². The van der Waals surface area contributed by atoms with Crippen molar-refractivity contribution in [3.8, 4) is 11.5 Å². The number of nitrogens with one attached hydrogen (secondary N) is 2.